The highest BCUT2D eigenvalue weighted by Gasteiger charge is 2.08. The van der Waals surface area contributed by atoms with Gasteiger partial charge in [0.15, 0.2) is 5.96 Å². The Morgan fingerprint density at radius 3 is 2.68 bits per heavy atom. The van der Waals surface area contributed by atoms with Gasteiger partial charge in [-0.2, -0.15) is 5.10 Å². The topological polar surface area (TPSA) is 58.3 Å². The molecule has 0 fully saturated rings. The molecule has 0 aliphatic carbocycles. The summed E-state index contributed by atoms with van der Waals surface area (Å²) in [5, 5.41) is 11.1. The molecule has 0 radical (unpaired) electrons. The molecule has 8 heteroatoms. The molecule has 0 aliphatic heterocycles. The molecule has 0 aromatic carbocycles. The Hall–Kier alpha value is -1.16. The second kappa shape index (κ2) is 10.7. The summed E-state index contributed by atoms with van der Waals surface area (Å²) >= 11 is 1.69. The maximum absolute atomic E-state index is 4.73. The Morgan fingerprint density at radius 2 is 2.12 bits per heavy atom. The molecule has 25 heavy (non-hydrogen) atoms. The molecular weight excluding hydrogens is 447 g/mol. The van der Waals surface area contributed by atoms with Crippen LogP contribution in [0.3, 0.4) is 0 Å². The lowest BCUT2D eigenvalue weighted by atomic mass is 10.4. The van der Waals surface area contributed by atoms with Gasteiger partial charge in [0.1, 0.15) is 0 Å². The number of hydrogen-bond acceptors (Lipinski definition) is 4. The number of rotatable bonds is 7. The SMILES string of the molecule is CCNC(=NCCCn1nc(C)cc1C)N(C)Cc1csc(C)n1.I. The third-order valence-corrected chi connectivity index (χ3v) is 4.48. The number of nitrogens with one attached hydrogen (secondary N) is 1. The van der Waals surface area contributed by atoms with Gasteiger partial charge in [-0.3, -0.25) is 9.67 Å². The van der Waals surface area contributed by atoms with Crippen LogP contribution in [0, 0.1) is 20.8 Å². The van der Waals surface area contributed by atoms with E-state index in [0.717, 1.165) is 55.0 Å². The van der Waals surface area contributed by atoms with Crippen molar-refractivity contribution in [3.63, 3.8) is 0 Å². The average Bonchev–Trinajstić information content (AvgIpc) is 3.07. The minimum atomic E-state index is 0. The van der Waals surface area contributed by atoms with E-state index in [1.54, 1.807) is 11.3 Å². The van der Waals surface area contributed by atoms with Gasteiger partial charge >= 0.3 is 0 Å². The number of aromatic nitrogens is 3. The van der Waals surface area contributed by atoms with E-state index in [2.05, 4.69) is 57.3 Å². The molecule has 2 rings (SSSR count). The fraction of sp³-hybridized carbons (Fsp3) is 0.588. The molecule has 0 atom stereocenters. The molecule has 1 N–H and O–H groups in total. The smallest absolute Gasteiger partial charge is 0.194 e. The number of thiazole rings is 1. The van der Waals surface area contributed by atoms with Gasteiger partial charge in [0, 0.05) is 37.8 Å². The quantitative estimate of drug-likeness (QED) is 0.288. The number of aryl methyl sites for hydroxylation is 4. The van der Waals surface area contributed by atoms with E-state index in [4.69, 9.17) is 4.99 Å². The predicted molar refractivity (Wildman–Crippen MR) is 116 cm³/mol. The van der Waals surface area contributed by atoms with Crippen molar-refractivity contribution >= 4 is 41.3 Å². The molecule has 6 nitrogen and oxygen atoms in total. The Bertz CT molecular complexity index is 678. The van der Waals surface area contributed by atoms with E-state index in [9.17, 15) is 0 Å². The second-order valence-electron chi connectivity index (χ2n) is 5.95. The number of aliphatic imine (C=N–C) groups is 1. The third-order valence-electron chi connectivity index (χ3n) is 3.66. The number of halogens is 1. The molecule has 0 unspecified atom stereocenters. The van der Waals surface area contributed by atoms with Crippen molar-refractivity contribution < 1.29 is 0 Å². The van der Waals surface area contributed by atoms with Gasteiger partial charge in [-0.25, -0.2) is 4.98 Å². The molecule has 2 aromatic rings. The van der Waals surface area contributed by atoms with E-state index >= 15 is 0 Å². The third kappa shape index (κ3) is 6.93. The molecule has 2 aromatic heterocycles. The summed E-state index contributed by atoms with van der Waals surface area (Å²) in [6.45, 7) is 11.6. The summed E-state index contributed by atoms with van der Waals surface area (Å²) in [7, 11) is 2.05. The first-order chi connectivity index (χ1) is 11.5. The van der Waals surface area contributed by atoms with Crippen molar-refractivity contribution in [2.24, 2.45) is 4.99 Å². The molecule has 0 spiro atoms. The minimum Gasteiger partial charge on any atom is -0.357 e. The monoisotopic (exact) mass is 476 g/mol. The summed E-state index contributed by atoms with van der Waals surface area (Å²) in [4.78, 5) is 11.4. The molecule has 140 valence electrons. The highest BCUT2D eigenvalue weighted by atomic mass is 127. The minimum absolute atomic E-state index is 0. The van der Waals surface area contributed by atoms with Crippen LogP contribution in [0.1, 0.15) is 35.4 Å². The summed E-state index contributed by atoms with van der Waals surface area (Å²) in [6, 6.07) is 2.11. The molecule has 0 bridgehead atoms. The van der Waals surface area contributed by atoms with Crippen molar-refractivity contribution in [2.45, 2.75) is 47.2 Å². The fourth-order valence-electron chi connectivity index (χ4n) is 2.58. The van der Waals surface area contributed by atoms with Crippen molar-refractivity contribution in [1.29, 1.82) is 0 Å². The van der Waals surface area contributed by atoms with E-state index < -0.39 is 0 Å². The second-order valence-corrected chi connectivity index (χ2v) is 7.02. The maximum atomic E-state index is 4.73. The Balaban J connectivity index is 0.00000312. The van der Waals surface area contributed by atoms with Gasteiger partial charge in [-0.15, -0.1) is 35.3 Å². The molecule has 0 saturated heterocycles. The van der Waals surface area contributed by atoms with Gasteiger partial charge in [-0.1, -0.05) is 0 Å². The zero-order valence-electron chi connectivity index (χ0n) is 15.7. The number of guanidine groups is 1. The highest BCUT2D eigenvalue weighted by Crippen LogP contribution is 2.10. The summed E-state index contributed by atoms with van der Waals surface area (Å²) in [6.07, 6.45) is 0.973. The van der Waals surface area contributed by atoms with Crippen LogP contribution in [0.5, 0.6) is 0 Å². The van der Waals surface area contributed by atoms with Crippen molar-refractivity contribution in [3.8, 4) is 0 Å². The van der Waals surface area contributed by atoms with Gasteiger partial charge in [-0.05, 0) is 40.2 Å². The molecule has 2 heterocycles. The van der Waals surface area contributed by atoms with Crippen LogP contribution in [0.15, 0.2) is 16.4 Å². The Kier molecular flexibility index (Phi) is 9.41. The standard InChI is InChI=1S/C17H28N6S.HI/c1-6-18-17(22(5)11-16-12-24-15(4)20-16)19-8-7-9-23-14(3)10-13(2)21-23;/h10,12H,6-9,11H2,1-5H3,(H,18,19);1H. The van der Waals surface area contributed by atoms with Crippen LogP contribution >= 0.6 is 35.3 Å². The van der Waals surface area contributed by atoms with Crippen LogP contribution in [0.4, 0.5) is 0 Å². The van der Waals surface area contributed by atoms with Crippen molar-refractivity contribution in [3.05, 3.63) is 33.5 Å². The highest BCUT2D eigenvalue weighted by molar-refractivity contribution is 14.0. The lowest BCUT2D eigenvalue weighted by Crippen LogP contribution is -2.38. The van der Waals surface area contributed by atoms with E-state index in [-0.39, 0.29) is 24.0 Å². The molecule has 0 saturated carbocycles. The van der Waals surface area contributed by atoms with Crippen LogP contribution in [0.25, 0.3) is 0 Å². The first-order valence-electron chi connectivity index (χ1n) is 8.41. The fourth-order valence-corrected chi connectivity index (χ4v) is 3.18. The lowest BCUT2D eigenvalue weighted by Gasteiger charge is -2.21. The van der Waals surface area contributed by atoms with E-state index in [0.29, 0.717) is 0 Å². The largest absolute Gasteiger partial charge is 0.357 e. The van der Waals surface area contributed by atoms with Crippen molar-refractivity contribution in [1.82, 2.24) is 25.0 Å². The van der Waals surface area contributed by atoms with Crippen LogP contribution in [-0.2, 0) is 13.1 Å². The van der Waals surface area contributed by atoms with Gasteiger partial charge < -0.3 is 10.2 Å². The molecule has 0 aliphatic rings. The van der Waals surface area contributed by atoms with Crippen LogP contribution < -0.4 is 5.32 Å². The Labute approximate surface area is 171 Å². The van der Waals surface area contributed by atoms with Gasteiger partial charge in [0.25, 0.3) is 0 Å². The lowest BCUT2D eigenvalue weighted by molar-refractivity contribution is 0.469. The van der Waals surface area contributed by atoms with Gasteiger partial charge in [0.2, 0.25) is 0 Å². The normalized spacial score (nSPS) is 11.3. The van der Waals surface area contributed by atoms with E-state index in [1.165, 1.54) is 5.69 Å². The maximum Gasteiger partial charge on any atom is 0.194 e. The first-order valence-corrected chi connectivity index (χ1v) is 9.29. The first kappa shape index (κ1) is 21.9. The zero-order valence-corrected chi connectivity index (χ0v) is 18.9. The molecular formula is C17H29IN6S. The van der Waals surface area contributed by atoms with Crippen molar-refractivity contribution in [2.75, 3.05) is 20.1 Å². The summed E-state index contributed by atoms with van der Waals surface area (Å²) in [5.41, 5.74) is 3.37. The number of hydrogen-bond donors (Lipinski definition) is 1. The summed E-state index contributed by atoms with van der Waals surface area (Å²) < 4.78 is 2.06. The number of nitrogens with zero attached hydrogens (tertiary/aromatic N) is 5. The predicted octanol–water partition coefficient (Wildman–Crippen LogP) is 3.37. The van der Waals surface area contributed by atoms with Gasteiger partial charge in [0.05, 0.1) is 22.9 Å². The average molecular weight is 476 g/mol. The van der Waals surface area contributed by atoms with Crippen LogP contribution in [0.2, 0.25) is 0 Å². The molecule has 0 amide bonds. The van der Waals surface area contributed by atoms with Crippen LogP contribution in [-0.4, -0.2) is 45.8 Å². The van der Waals surface area contributed by atoms with E-state index in [1.807, 2.05) is 13.8 Å². The summed E-state index contributed by atoms with van der Waals surface area (Å²) in [5.74, 6) is 0.927. The zero-order chi connectivity index (χ0) is 17.5. The Morgan fingerprint density at radius 1 is 1.36 bits per heavy atom.